The maximum atomic E-state index is 13.6. The van der Waals surface area contributed by atoms with Crippen molar-refractivity contribution in [3.05, 3.63) is 53.3 Å². The van der Waals surface area contributed by atoms with Crippen LogP contribution in [0.5, 0.6) is 0 Å². The van der Waals surface area contributed by atoms with Crippen molar-refractivity contribution in [3.63, 3.8) is 0 Å². The van der Waals surface area contributed by atoms with Gasteiger partial charge < -0.3 is 28.7 Å². The number of halogens is 1. The lowest BCUT2D eigenvalue weighted by atomic mass is 10.0. The van der Waals surface area contributed by atoms with E-state index in [2.05, 4.69) is 5.32 Å². The molecule has 1 aliphatic carbocycles. The Morgan fingerprint density at radius 2 is 1.73 bits per heavy atom. The first kappa shape index (κ1) is 33.4. The van der Waals surface area contributed by atoms with E-state index in [1.165, 1.54) is 35.6 Å². The maximum Gasteiger partial charge on any atom is 0.334 e. The average molecular weight is 635 g/mol. The highest BCUT2D eigenvalue weighted by Gasteiger charge is 2.33. The normalized spacial score (nSPS) is 14.0. The van der Waals surface area contributed by atoms with Crippen LogP contribution < -0.4 is 9.62 Å². The van der Waals surface area contributed by atoms with Crippen molar-refractivity contribution < 1.29 is 45.8 Å². The monoisotopic (exact) mass is 634 g/mol. The molecule has 1 saturated carbocycles. The molecule has 4 rings (SSSR count). The summed E-state index contributed by atoms with van der Waals surface area (Å²) >= 11 is 0. The van der Waals surface area contributed by atoms with Gasteiger partial charge in [0.2, 0.25) is 10.0 Å². The molecule has 1 aromatic heterocycles. The Morgan fingerprint density at radius 3 is 2.34 bits per heavy atom. The van der Waals surface area contributed by atoms with E-state index >= 15 is 0 Å². The molecule has 1 N–H and O–H groups in total. The van der Waals surface area contributed by atoms with Crippen molar-refractivity contribution >= 4 is 38.6 Å². The van der Waals surface area contributed by atoms with Crippen molar-refractivity contribution in [3.8, 4) is 11.3 Å². The van der Waals surface area contributed by atoms with Gasteiger partial charge in [0.1, 0.15) is 17.2 Å². The summed E-state index contributed by atoms with van der Waals surface area (Å²) in [6.45, 7) is 4.74. The van der Waals surface area contributed by atoms with Gasteiger partial charge in [-0.2, -0.15) is 0 Å². The Labute approximate surface area is 256 Å². The number of esters is 1. The Kier molecular flexibility index (Phi) is 11.4. The van der Waals surface area contributed by atoms with Crippen LogP contribution in [-0.2, 0) is 33.8 Å². The second-order valence-electron chi connectivity index (χ2n) is 10.4. The van der Waals surface area contributed by atoms with Crippen molar-refractivity contribution in [1.82, 2.24) is 5.32 Å². The predicted octanol–water partition coefficient (Wildman–Crippen LogP) is 4.24. The molecule has 2 aromatic carbocycles. The fourth-order valence-corrected chi connectivity index (χ4v) is 5.71. The number of sulfonamides is 1. The first-order chi connectivity index (χ1) is 21.0. The Bertz CT molecular complexity index is 1550. The fraction of sp³-hybridized carbons (Fsp3) is 0.484. The Balaban J connectivity index is 1.46. The second kappa shape index (κ2) is 15.0. The SMILES string of the molecule is CCOC(=O)C(C)OCCOCCOCCN(c1cc2oc(-c3ccc(F)cc3)c(C(=O)NC)c2cc1C1CC1)S(C)(=O)=O. The van der Waals surface area contributed by atoms with Crippen LogP contribution in [0.1, 0.15) is 48.5 Å². The molecule has 1 aliphatic rings. The summed E-state index contributed by atoms with van der Waals surface area (Å²) in [5.74, 6) is -0.802. The number of carbonyl (C=O) groups excluding carboxylic acids is 2. The lowest BCUT2D eigenvalue weighted by Crippen LogP contribution is -2.34. The van der Waals surface area contributed by atoms with E-state index in [1.807, 2.05) is 6.07 Å². The molecule has 0 saturated heterocycles. The minimum atomic E-state index is -3.72. The zero-order chi connectivity index (χ0) is 31.9. The number of nitrogens with one attached hydrogen (secondary N) is 1. The first-order valence-corrected chi connectivity index (χ1v) is 16.4. The van der Waals surface area contributed by atoms with Crippen LogP contribution in [-0.4, -0.2) is 85.9 Å². The van der Waals surface area contributed by atoms with Crippen molar-refractivity contribution in [2.45, 2.75) is 38.7 Å². The molecule has 44 heavy (non-hydrogen) atoms. The first-order valence-electron chi connectivity index (χ1n) is 14.5. The van der Waals surface area contributed by atoms with Crippen LogP contribution in [0.15, 0.2) is 40.8 Å². The highest BCUT2D eigenvalue weighted by molar-refractivity contribution is 7.92. The van der Waals surface area contributed by atoms with Crippen LogP contribution in [0.2, 0.25) is 0 Å². The molecule has 1 fully saturated rings. The molecule has 1 atom stereocenters. The topological polar surface area (TPSA) is 134 Å². The van der Waals surface area contributed by atoms with E-state index < -0.39 is 27.9 Å². The number of amides is 1. The van der Waals surface area contributed by atoms with Crippen LogP contribution in [0, 0.1) is 5.82 Å². The van der Waals surface area contributed by atoms with Crippen LogP contribution in [0.4, 0.5) is 10.1 Å². The predicted molar refractivity (Wildman–Crippen MR) is 163 cm³/mol. The average Bonchev–Trinajstić information content (AvgIpc) is 3.77. The second-order valence-corrected chi connectivity index (χ2v) is 12.3. The Morgan fingerprint density at radius 1 is 1.07 bits per heavy atom. The highest BCUT2D eigenvalue weighted by atomic mass is 32.2. The third-order valence-electron chi connectivity index (χ3n) is 7.11. The highest BCUT2D eigenvalue weighted by Crippen LogP contribution is 2.48. The molecule has 3 aromatic rings. The molecule has 1 heterocycles. The molecule has 0 spiro atoms. The van der Waals surface area contributed by atoms with Gasteiger partial charge in [-0.3, -0.25) is 9.10 Å². The van der Waals surface area contributed by atoms with Crippen molar-refractivity contribution in [2.24, 2.45) is 0 Å². The van der Waals surface area contributed by atoms with Gasteiger partial charge in [-0.05, 0) is 68.5 Å². The zero-order valence-electron chi connectivity index (χ0n) is 25.4. The summed E-state index contributed by atoms with van der Waals surface area (Å²) < 4.78 is 68.4. The van der Waals surface area contributed by atoms with E-state index in [0.717, 1.165) is 24.7 Å². The van der Waals surface area contributed by atoms with Crippen LogP contribution >= 0.6 is 0 Å². The minimum Gasteiger partial charge on any atom is -0.464 e. The Hall–Kier alpha value is -3.52. The minimum absolute atomic E-state index is 0.0536. The van der Waals surface area contributed by atoms with Gasteiger partial charge in [-0.1, -0.05) is 0 Å². The lowest BCUT2D eigenvalue weighted by molar-refractivity contribution is -0.156. The molecule has 0 aliphatic heterocycles. The van der Waals surface area contributed by atoms with Crippen LogP contribution in [0.3, 0.4) is 0 Å². The molecular formula is C31H39FN2O9S. The molecule has 1 unspecified atom stereocenters. The molecular weight excluding hydrogens is 595 g/mol. The van der Waals surface area contributed by atoms with Gasteiger partial charge in [0, 0.05) is 24.1 Å². The number of anilines is 1. The van der Waals surface area contributed by atoms with Gasteiger partial charge >= 0.3 is 5.97 Å². The summed E-state index contributed by atoms with van der Waals surface area (Å²) in [7, 11) is -2.20. The number of rotatable bonds is 17. The van der Waals surface area contributed by atoms with Gasteiger partial charge in [-0.15, -0.1) is 0 Å². The zero-order valence-corrected chi connectivity index (χ0v) is 26.2. The van der Waals surface area contributed by atoms with Gasteiger partial charge in [-0.25, -0.2) is 17.6 Å². The van der Waals surface area contributed by atoms with E-state index in [4.69, 9.17) is 23.4 Å². The quantitative estimate of drug-likeness (QED) is 0.171. The van der Waals surface area contributed by atoms with Crippen molar-refractivity contribution in [1.29, 1.82) is 0 Å². The summed E-state index contributed by atoms with van der Waals surface area (Å²) in [6.07, 6.45) is 2.24. The molecule has 0 radical (unpaired) electrons. The summed E-state index contributed by atoms with van der Waals surface area (Å²) in [5.41, 5.74) is 2.44. The van der Waals surface area contributed by atoms with E-state index in [0.29, 0.717) is 27.8 Å². The number of ether oxygens (including phenoxy) is 4. The fourth-order valence-electron chi connectivity index (χ4n) is 4.79. The molecule has 240 valence electrons. The van der Waals surface area contributed by atoms with E-state index in [9.17, 15) is 22.4 Å². The molecule has 1 amide bonds. The number of fused-ring (bicyclic) bond motifs is 1. The summed E-state index contributed by atoms with van der Waals surface area (Å²) in [5, 5.41) is 3.20. The van der Waals surface area contributed by atoms with Crippen LogP contribution in [0.25, 0.3) is 22.3 Å². The standard InChI is InChI=1S/C31H39FN2O9S/c1-5-41-31(36)20(2)42-17-16-40-15-14-39-13-12-34(44(4,37)38)26-19-27-25(18-24(26)21-6-7-21)28(30(35)33-3)29(43-27)22-8-10-23(32)11-9-22/h8-11,18-21H,5-7,12-17H2,1-4H3,(H,33,35). The maximum absolute atomic E-state index is 13.6. The molecule has 13 heteroatoms. The smallest absolute Gasteiger partial charge is 0.334 e. The third-order valence-corrected chi connectivity index (χ3v) is 8.29. The number of hydrogen-bond donors (Lipinski definition) is 1. The van der Waals surface area contributed by atoms with Gasteiger partial charge in [0.05, 0.1) is 63.7 Å². The number of hydrogen-bond acceptors (Lipinski definition) is 9. The van der Waals surface area contributed by atoms with E-state index in [1.54, 1.807) is 19.9 Å². The number of nitrogens with zero attached hydrogens (tertiary/aromatic N) is 1. The molecule has 11 nitrogen and oxygen atoms in total. The van der Waals surface area contributed by atoms with E-state index in [-0.39, 0.29) is 63.8 Å². The number of furan rings is 1. The molecule has 0 bridgehead atoms. The van der Waals surface area contributed by atoms with Crippen molar-refractivity contribution in [2.75, 3.05) is 63.8 Å². The largest absolute Gasteiger partial charge is 0.464 e. The van der Waals surface area contributed by atoms with Gasteiger partial charge in [0.15, 0.2) is 6.10 Å². The number of carbonyl (C=O) groups is 2. The van der Waals surface area contributed by atoms with Gasteiger partial charge in [0.25, 0.3) is 5.91 Å². The summed E-state index contributed by atoms with van der Waals surface area (Å²) in [4.78, 5) is 24.6. The number of benzene rings is 2. The lowest BCUT2D eigenvalue weighted by Gasteiger charge is -2.25. The summed E-state index contributed by atoms with van der Waals surface area (Å²) in [6, 6.07) is 9.12. The third kappa shape index (κ3) is 8.35.